The van der Waals surface area contributed by atoms with Crippen LogP contribution >= 0.6 is 0 Å². The average Bonchev–Trinajstić information content (AvgIpc) is 3.04. The van der Waals surface area contributed by atoms with Crippen molar-refractivity contribution in [3.8, 4) is 11.5 Å². The second-order valence-corrected chi connectivity index (χ2v) is 3.88. The number of carbonyl (C=O) groups is 1. The lowest BCUT2D eigenvalue weighted by molar-refractivity contribution is 0.0876. The highest BCUT2D eigenvalue weighted by molar-refractivity contribution is 5.96. The monoisotopic (exact) mass is 221 g/mol. The van der Waals surface area contributed by atoms with Crippen molar-refractivity contribution in [2.24, 2.45) is 0 Å². The molecule has 0 N–H and O–H groups in total. The van der Waals surface area contributed by atoms with Crippen molar-refractivity contribution in [1.82, 2.24) is 4.90 Å². The highest BCUT2D eigenvalue weighted by atomic mass is 16.5. The third-order valence-corrected chi connectivity index (χ3v) is 2.75. The van der Waals surface area contributed by atoms with E-state index in [0.717, 1.165) is 6.54 Å². The molecule has 0 aliphatic carbocycles. The van der Waals surface area contributed by atoms with Gasteiger partial charge in [0, 0.05) is 18.2 Å². The second-order valence-electron chi connectivity index (χ2n) is 3.88. The van der Waals surface area contributed by atoms with Crippen molar-refractivity contribution in [2.45, 2.75) is 13.0 Å². The molecule has 0 radical (unpaired) electrons. The van der Waals surface area contributed by atoms with Crippen LogP contribution in [0.5, 0.6) is 11.5 Å². The van der Waals surface area contributed by atoms with Crippen molar-refractivity contribution in [3.05, 3.63) is 23.8 Å². The summed E-state index contributed by atoms with van der Waals surface area (Å²) >= 11 is 0. The van der Waals surface area contributed by atoms with Crippen LogP contribution in [0.1, 0.15) is 17.3 Å². The molecule has 0 saturated carbocycles. The topological polar surface area (TPSA) is 38.5 Å². The van der Waals surface area contributed by atoms with Gasteiger partial charge in [0.2, 0.25) is 0 Å². The van der Waals surface area contributed by atoms with Crippen molar-refractivity contribution < 1.29 is 14.3 Å². The normalized spacial score (nSPS) is 18.2. The summed E-state index contributed by atoms with van der Waals surface area (Å²) in [5.41, 5.74) is 0.641. The Hall–Kier alpha value is -1.71. The van der Waals surface area contributed by atoms with E-state index < -0.39 is 0 Å². The molecule has 0 spiro atoms. The zero-order chi connectivity index (χ0) is 11.7. The molecule has 4 nitrogen and oxygen atoms in total. The molecule has 1 saturated heterocycles. The lowest BCUT2D eigenvalue weighted by Crippen LogP contribution is -2.12. The molecule has 1 aromatic rings. The first-order valence-corrected chi connectivity index (χ1v) is 5.20. The molecule has 1 amide bonds. The largest absolute Gasteiger partial charge is 0.493 e. The van der Waals surface area contributed by atoms with E-state index in [4.69, 9.17) is 9.47 Å². The van der Waals surface area contributed by atoms with E-state index >= 15 is 0 Å². The van der Waals surface area contributed by atoms with E-state index in [0.29, 0.717) is 23.1 Å². The summed E-state index contributed by atoms with van der Waals surface area (Å²) in [4.78, 5) is 13.7. The number of nitrogens with zero attached hydrogens (tertiary/aromatic N) is 1. The number of ether oxygens (including phenoxy) is 2. The third kappa shape index (κ3) is 1.83. The molecule has 2 rings (SSSR count). The molecule has 1 atom stereocenters. The first kappa shape index (κ1) is 10.8. The molecule has 1 fully saturated rings. The van der Waals surface area contributed by atoms with Gasteiger partial charge in [0.05, 0.1) is 14.2 Å². The molecular formula is C12H15NO3. The molecule has 0 aromatic heterocycles. The summed E-state index contributed by atoms with van der Waals surface area (Å²) in [6.07, 6.45) is 0. The van der Waals surface area contributed by atoms with Gasteiger partial charge in [0.15, 0.2) is 11.5 Å². The molecule has 1 heterocycles. The summed E-state index contributed by atoms with van der Waals surface area (Å²) in [6.45, 7) is 2.87. The van der Waals surface area contributed by atoms with Crippen LogP contribution in [0.15, 0.2) is 18.2 Å². The van der Waals surface area contributed by atoms with Gasteiger partial charge in [0.1, 0.15) is 0 Å². The van der Waals surface area contributed by atoms with Crippen LogP contribution < -0.4 is 9.47 Å². The minimum atomic E-state index is 0.0495. The lowest BCUT2D eigenvalue weighted by atomic mass is 10.2. The Morgan fingerprint density at radius 2 is 1.94 bits per heavy atom. The highest BCUT2D eigenvalue weighted by Crippen LogP contribution is 2.29. The maximum Gasteiger partial charge on any atom is 0.254 e. The van der Waals surface area contributed by atoms with Crippen LogP contribution in [-0.4, -0.2) is 37.6 Å². The van der Waals surface area contributed by atoms with E-state index in [1.54, 1.807) is 37.3 Å². The average molecular weight is 221 g/mol. The number of carbonyl (C=O) groups excluding carboxylic acids is 1. The second kappa shape index (κ2) is 4.04. The summed E-state index contributed by atoms with van der Waals surface area (Å²) in [5.74, 6) is 1.27. The molecule has 86 valence electrons. The van der Waals surface area contributed by atoms with Crippen LogP contribution in [0.25, 0.3) is 0 Å². The number of amides is 1. The lowest BCUT2D eigenvalue weighted by Gasteiger charge is -2.09. The zero-order valence-corrected chi connectivity index (χ0v) is 9.69. The van der Waals surface area contributed by atoms with Crippen LogP contribution in [0.4, 0.5) is 0 Å². The van der Waals surface area contributed by atoms with E-state index in [1.807, 2.05) is 6.92 Å². The van der Waals surface area contributed by atoms with Gasteiger partial charge < -0.3 is 14.4 Å². The van der Waals surface area contributed by atoms with Crippen molar-refractivity contribution in [1.29, 1.82) is 0 Å². The van der Waals surface area contributed by atoms with E-state index in [9.17, 15) is 4.79 Å². The number of methoxy groups -OCH3 is 2. The Bertz CT molecular complexity index is 417. The Morgan fingerprint density at radius 1 is 1.31 bits per heavy atom. The van der Waals surface area contributed by atoms with E-state index in [-0.39, 0.29) is 5.91 Å². The minimum Gasteiger partial charge on any atom is -0.493 e. The van der Waals surface area contributed by atoms with Gasteiger partial charge in [-0.15, -0.1) is 0 Å². The van der Waals surface area contributed by atoms with E-state index in [2.05, 4.69) is 0 Å². The van der Waals surface area contributed by atoms with Crippen LogP contribution in [-0.2, 0) is 0 Å². The van der Waals surface area contributed by atoms with Crippen molar-refractivity contribution in [2.75, 3.05) is 20.8 Å². The summed E-state index contributed by atoms with van der Waals surface area (Å²) < 4.78 is 10.3. The maximum atomic E-state index is 11.9. The first-order chi connectivity index (χ1) is 7.67. The highest BCUT2D eigenvalue weighted by Gasteiger charge is 2.34. The Morgan fingerprint density at radius 3 is 2.44 bits per heavy atom. The Kier molecular flexibility index (Phi) is 2.73. The van der Waals surface area contributed by atoms with Crippen molar-refractivity contribution >= 4 is 5.91 Å². The van der Waals surface area contributed by atoms with Gasteiger partial charge in [0.25, 0.3) is 5.91 Å². The van der Waals surface area contributed by atoms with Crippen LogP contribution in [0, 0.1) is 0 Å². The van der Waals surface area contributed by atoms with Gasteiger partial charge in [-0.3, -0.25) is 4.79 Å². The van der Waals surface area contributed by atoms with E-state index in [1.165, 1.54) is 0 Å². The summed E-state index contributed by atoms with van der Waals surface area (Å²) in [6, 6.07) is 5.59. The fourth-order valence-corrected chi connectivity index (χ4v) is 1.66. The smallest absolute Gasteiger partial charge is 0.254 e. The molecule has 4 heteroatoms. The van der Waals surface area contributed by atoms with Gasteiger partial charge in [-0.05, 0) is 25.1 Å². The van der Waals surface area contributed by atoms with Gasteiger partial charge in [-0.25, -0.2) is 0 Å². The maximum absolute atomic E-state index is 11.9. The number of hydrogen-bond acceptors (Lipinski definition) is 3. The zero-order valence-electron chi connectivity index (χ0n) is 9.69. The van der Waals surface area contributed by atoms with Crippen LogP contribution in [0.3, 0.4) is 0 Å². The first-order valence-electron chi connectivity index (χ1n) is 5.20. The number of rotatable bonds is 3. The fraction of sp³-hybridized carbons (Fsp3) is 0.417. The van der Waals surface area contributed by atoms with Gasteiger partial charge >= 0.3 is 0 Å². The molecular weight excluding hydrogens is 206 g/mol. The standard InChI is InChI=1S/C12H15NO3/c1-8-7-13(8)12(14)9-4-5-10(15-2)11(6-9)16-3/h4-6,8H,7H2,1-3H3. The number of hydrogen-bond donors (Lipinski definition) is 0. The van der Waals surface area contributed by atoms with Crippen molar-refractivity contribution in [3.63, 3.8) is 0 Å². The Balaban J connectivity index is 2.25. The fourth-order valence-electron chi connectivity index (χ4n) is 1.66. The summed E-state index contributed by atoms with van der Waals surface area (Å²) in [7, 11) is 3.14. The Labute approximate surface area is 94.8 Å². The molecule has 16 heavy (non-hydrogen) atoms. The molecule has 1 aliphatic heterocycles. The SMILES string of the molecule is COc1ccc(C(=O)N2CC2C)cc1OC. The molecule has 0 bridgehead atoms. The predicted molar refractivity (Wildman–Crippen MR) is 60.0 cm³/mol. The molecule has 1 aliphatic rings. The number of benzene rings is 1. The quantitative estimate of drug-likeness (QED) is 0.727. The molecule has 1 unspecified atom stereocenters. The third-order valence-electron chi connectivity index (χ3n) is 2.75. The predicted octanol–water partition coefficient (Wildman–Crippen LogP) is 1.55. The summed E-state index contributed by atoms with van der Waals surface area (Å²) in [5, 5.41) is 0. The van der Waals surface area contributed by atoms with Gasteiger partial charge in [-0.1, -0.05) is 0 Å². The molecule has 1 aromatic carbocycles. The van der Waals surface area contributed by atoms with Crippen LogP contribution in [0.2, 0.25) is 0 Å². The minimum absolute atomic E-state index is 0.0495. The van der Waals surface area contributed by atoms with Gasteiger partial charge in [-0.2, -0.15) is 0 Å².